The molecule has 2 atom stereocenters. The van der Waals surface area contributed by atoms with E-state index in [9.17, 15) is 14.7 Å². The molecule has 2 aliphatic rings. The Morgan fingerprint density at radius 2 is 1.83 bits per heavy atom. The maximum atomic E-state index is 12.8. The zero-order chi connectivity index (χ0) is 21.1. The van der Waals surface area contributed by atoms with E-state index in [1.165, 1.54) is 6.20 Å². The first-order valence-corrected chi connectivity index (χ1v) is 10.5. The van der Waals surface area contributed by atoms with Gasteiger partial charge in [0.2, 0.25) is 11.8 Å². The fraction of sp³-hybridized carbons (Fsp3) is 0.435. The predicted octanol–water partition coefficient (Wildman–Crippen LogP) is 2.67. The number of aromatic nitrogens is 1. The minimum absolute atomic E-state index is 0.240. The molecule has 4 rings (SSSR count). The maximum absolute atomic E-state index is 12.8. The molecule has 0 bridgehead atoms. The highest BCUT2D eigenvalue weighted by atomic mass is 16.5. The van der Waals surface area contributed by atoms with Crippen molar-refractivity contribution in [2.45, 2.75) is 50.7 Å². The first-order chi connectivity index (χ1) is 14.5. The lowest BCUT2D eigenvalue weighted by atomic mass is 9.92. The van der Waals surface area contributed by atoms with Crippen molar-refractivity contribution in [3.8, 4) is 17.0 Å². The van der Waals surface area contributed by atoms with Crippen LogP contribution >= 0.6 is 0 Å². The van der Waals surface area contributed by atoms with E-state index in [0.29, 0.717) is 41.5 Å². The molecular weight excluding hydrogens is 382 g/mol. The topological polar surface area (TPSA) is 115 Å². The van der Waals surface area contributed by atoms with Crippen LogP contribution in [0.5, 0.6) is 5.88 Å². The Hall–Kier alpha value is -2.93. The summed E-state index contributed by atoms with van der Waals surface area (Å²) in [4.78, 5) is 28.6. The summed E-state index contributed by atoms with van der Waals surface area (Å²) in [5, 5.41) is 13.1. The second-order valence-electron chi connectivity index (χ2n) is 8.20. The molecule has 1 aromatic heterocycles. The van der Waals surface area contributed by atoms with Gasteiger partial charge in [-0.05, 0) is 55.4 Å². The molecule has 1 aromatic carbocycles. The summed E-state index contributed by atoms with van der Waals surface area (Å²) in [6.07, 6.45) is 6.75. The SMILES string of the molecule is NC(=O)c1ccc(-c2cc(C(=O)N[C@@H]3CCCC[C@H]3O)cnc2OCC2CC2)cc1. The van der Waals surface area contributed by atoms with E-state index in [1.807, 2.05) is 0 Å². The van der Waals surface area contributed by atoms with Gasteiger partial charge in [0, 0.05) is 17.3 Å². The standard InChI is InChI=1S/C23H27N3O4/c24-21(28)16-9-7-15(8-10-16)18-11-17(12-25-23(18)30-13-14-5-6-14)22(29)26-19-3-1-2-4-20(19)27/h7-12,14,19-20,27H,1-6,13H2,(H2,24,28)(H,26,29)/t19-,20-/m1/s1. The van der Waals surface area contributed by atoms with Gasteiger partial charge in [0.15, 0.2) is 0 Å². The number of amides is 2. The van der Waals surface area contributed by atoms with Crippen molar-refractivity contribution in [2.75, 3.05) is 6.61 Å². The molecule has 158 valence electrons. The van der Waals surface area contributed by atoms with Gasteiger partial charge in [0.25, 0.3) is 5.91 Å². The summed E-state index contributed by atoms with van der Waals surface area (Å²) in [6.45, 7) is 0.596. The van der Waals surface area contributed by atoms with Crippen molar-refractivity contribution >= 4 is 11.8 Å². The Bertz CT molecular complexity index is 925. The van der Waals surface area contributed by atoms with Crippen molar-refractivity contribution in [1.82, 2.24) is 10.3 Å². The van der Waals surface area contributed by atoms with Gasteiger partial charge in [0.1, 0.15) is 0 Å². The highest BCUT2D eigenvalue weighted by Crippen LogP contribution is 2.33. The molecule has 0 spiro atoms. The number of aliphatic hydroxyl groups is 1. The number of aliphatic hydroxyl groups excluding tert-OH is 1. The Morgan fingerprint density at radius 3 is 2.50 bits per heavy atom. The smallest absolute Gasteiger partial charge is 0.253 e. The number of hydrogen-bond acceptors (Lipinski definition) is 5. The molecule has 30 heavy (non-hydrogen) atoms. The number of carbonyl (C=O) groups excluding carboxylic acids is 2. The van der Waals surface area contributed by atoms with Crippen molar-refractivity contribution < 1.29 is 19.4 Å². The average Bonchev–Trinajstić information content (AvgIpc) is 3.58. The summed E-state index contributed by atoms with van der Waals surface area (Å²) in [5.74, 6) is 0.261. The normalized spacial score (nSPS) is 21.1. The summed E-state index contributed by atoms with van der Waals surface area (Å²) in [6, 6.07) is 8.34. The number of nitrogens with zero attached hydrogens (tertiary/aromatic N) is 1. The third-order valence-corrected chi connectivity index (χ3v) is 5.79. The van der Waals surface area contributed by atoms with E-state index in [2.05, 4.69) is 10.3 Å². The van der Waals surface area contributed by atoms with Crippen molar-refractivity contribution in [3.63, 3.8) is 0 Å². The highest BCUT2D eigenvalue weighted by Gasteiger charge is 2.26. The number of benzene rings is 1. The summed E-state index contributed by atoms with van der Waals surface area (Å²) >= 11 is 0. The second kappa shape index (κ2) is 8.83. The molecule has 2 fully saturated rings. The van der Waals surface area contributed by atoms with Crippen molar-refractivity contribution in [3.05, 3.63) is 47.7 Å². The summed E-state index contributed by atoms with van der Waals surface area (Å²) < 4.78 is 5.92. The van der Waals surface area contributed by atoms with Crippen LogP contribution in [0, 0.1) is 5.92 Å². The van der Waals surface area contributed by atoms with Crippen LogP contribution in [0.25, 0.3) is 11.1 Å². The number of nitrogens with two attached hydrogens (primary N) is 1. The molecule has 2 amide bonds. The largest absolute Gasteiger partial charge is 0.477 e. The summed E-state index contributed by atoms with van der Waals surface area (Å²) in [5.41, 5.74) is 7.61. The van der Waals surface area contributed by atoms with Crippen LogP contribution in [-0.2, 0) is 0 Å². The minimum Gasteiger partial charge on any atom is -0.477 e. The fourth-order valence-electron chi connectivity index (χ4n) is 3.72. The van der Waals surface area contributed by atoms with Gasteiger partial charge in [0.05, 0.1) is 24.3 Å². The Balaban J connectivity index is 1.59. The van der Waals surface area contributed by atoms with E-state index >= 15 is 0 Å². The molecule has 0 unspecified atom stereocenters. The van der Waals surface area contributed by atoms with E-state index in [0.717, 1.165) is 37.7 Å². The number of primary amides is 1. The lowest BCUT2D eigenvalue weighted by Crippen LogP contribution is -2.45. The molecule has 0 saturated heterocycles. The second-order valence-corrected chi connectivity index (χ2v) is 8.20. The molecule has 2 saturated carbocycles. The third kappa shape index (κ3) is 4.79. The van der Waals surface area contributed by atoms with Gasteiger partial charge >= 0.3 is 0 Å². The molecular formula is C23H27N3O4. The van der Waals surface area contributed by atoms with Crippen LogP contribution in [0.3, 0.4) is 0 Å². The molecule has 0 radical (unpaired) electrons. The van der Waals surface area contributed by atoms with Crippen LogP contribution in [0.1, 0.15) is 59.2 Å². The van der Waals surface area contributed by atoms with Gasteiger partial charge in [-0.1, -0.05) is 25.0 Å². The van der Waals surface area contributed by atoms with Crippen molar-refractivity contribution in [2.24, 2.45) is 11.7 Å². The number of hydrogen-bond donors (Lipinski definition) is 3. The molecule has 4 N–H and O–H groups in total. The van der Waals surface area contributed by atoms with E-state index in [4.69, 9.17) is 10.5 Å². The average molecular weight is 409 g/mol. The Kier molecular flexibility index (Phi) is 5.99. The fourth-order valence-corrected chi connectivity index (χ4v) is 3.72. The van der Waals surface area contributed by atoms with Gasteiger partial charge in [-0.3, -0.25) is 9.59 Å². The van der Waals surface area contributed by atoms with Crippen LogP contribution < -0.4 is 15.8 Å². The van der Waals surface area contributed by atoms with Crippen LogP contribution in [0.2, 0.25) is 0 Å². The number of rotatable bonds is 7. The van der Waals surface area contributed by atoms with Gasteiger partial charge in [-0.15, -0.1) is 0 Å². The lowest BCUT2D eigenvalue weighted by molar-refractivity contribution is 0.0717. The third-order valence-electron chi connectivity index (χ3n) is 5.79. The first-order valence-electron chi connectivity index (χ1n) is 10.5. The van der Waals surface area contributed by atoms with Crippen LogP contribution in [0.4, 0.5) is 0 Å². The van der Waals surface area contributed by atoms with Gasteiger partial charge < -0.3 is 20.9 Å². The molecule has 2 aliphatic carbocycles. The zero-order valence-corrected chi connectivity index (χ0v) is 16.8. The Labute approximate surface area is 175 Å². The van der Waals surface area contributed by atoms with Crippen LogP contribution in [-0.4, -0.2) is 40.7 Å². The molecule has 2 aromatic rings. The highest BCUT2D eigenvalue weighted by molar-refractivity contribution is 5.96. The lowest BCUT2D eigenvalue weighted by Gasteiger charge is -2.28. The van der Waals surface area contributed by atoms with Gasteiger partial charge in [-0.2, -0.15) is 0 Å². The molecule has 0 aliphatic heterocycles. The van der Waals surface area contributed by atoms with E-state index < -0.39 is 12.0 Å². The molecule has 7 heteroatoms. The number of pyridine rings is 1. The van der Waals surface area contributed by atoms with E-state index in [1.54, 1.807) is 30.3 Å². The number of carbonyl (C=O) groups is 2. The Morgan fingerprint density at radius 1 is 1.10 bits per heavy atom. The number of nitrogens with one attached hydrogen (secondary N) is 1. The predicted molar refractivity (Wildman–Crippen MR) is 112 cm³/mol. The summed E-state index contributed by atoms with van der Waals surface area (Å²) in [7, 11) is 0. The van der Waals surface area contributed by atoms with Crippen LogP contribution in [0.15, 0.2) is 36.5 Å². The monoisotopic (exact) mass is 409 g/mol. The van der Waals surface area contributed by atoms with Gasteiger partial charge in [-0.25, -0.2) is 4.98 Å². The quantitative estimate of drug-likeness (QED) is 0.650. The molecule has 7 nitrogen and oxygen atoms in total. The molecule has 1 heterocycles. The zero-order valence-electron chi connectivity index (χ0n) is 16.8. The number of ether oxygens (including phenoxy) is 1. The maximum Gasteiger partial charge on any atom is 0.253 e. The van der Waals surface area contributed by atoms with E-state index in [-0.39, 0.29) is 11.9 Å². The minimum atomic E-state index is -0.516. The van der Waals surface area contributed by atoms with Crippen molar-refractivity contribution in [1.29, 1.82) is 0 Å². The first kappa shape index (κ1) is 20.3.